The molecule has 0 bridgehead atoms. The van der Waals surface area contributed by atoms with Crippen LogP contribution in [0.15, 0.2) is 78.9 Å². The summed E-state index contributed by atoms with van der Waals surface area (Å²) in [5.74, 6) is -0.152. The zero-order valence-corrected chi connectivity index (χ0v) is 16.1. The molecule has 3 aromatic carbocycles. The summed E-state index contributed by atoms with van der Waals surface area (Å²) in [6.07, 6.45) is 0. The van der Waals surface area contributed by atoms with Gasteiger partial charge < -0.3 is 9.47 Å². The number of para-hydroxylation sites is 2. The molecule has 0 saturated heterocycles. The summed E-state index contributed by atoms with van der Waals surface area (Å²) < 4.78 is 10.9. The molecule has 0 atom stereocenters. The highest BCUT2D eigenvalue weighted by Crippen LogP contribution is 2.26. The first-order valence-corrected chi connectivity index (χ1v) is 9.03. The number of carbonyl (C=O) groups excluding carboxylic acids is 2. The third-order valence-corrected chi connectivity index (χ3v) is 4.18. The highest BCUT2D eigenvalue weighted by molar-refractivity contribution is 5.97. The van der Waals surface area contributed by atoms with Crippen molar-refractivity contribution in [1.82, 2.24) is 0 Å². The first-order chi connectivity index (χ1) is 13.3. The summed E-state index contributed by atoms with van der Waals surface area (Å²) in [7, 11) is 0. The van der Waals surface area contributed by atoms with Gasteiger partial charge >= 0.3 is 11.9 Å². The number of ether oxygens (including phenoxy) is 2. The fourth-order valence-corrected chi connectivity index (χ4v) is 2.61. The quantitative estimate of drug-likeness (QED) is 0.452. The number of esters is 2. The van der Waals surface area contributed by atoms with Gasteiger partial charge in [0.25, 0.3) is 0 Å². The van der Waals surface area contributed by atoms with Gasteiger partial charge in [-0.05, 0) is 53.4 Å². The molecule has 0 aliphatic heterocycles. The van der Waals surface area contributed by atoms with Crippen molar-refractivity contribution in [3.05, 3.63) is 95.6 Å². The first kappa shape index (κ1) is 19.4. The Morgan fingerprint density at radius 1 is 0.643 bits per heavy atom. The van der Waals surface area contributed by atoms with Gasteiger partial charge in [-0.2, -0.15) is 0 Å². The molecule has 4 heteroatoms. The number of benzene rings is 3. The summed E-state index contributed by atoms with van der Waals surface area (Å²) in [5, 5.41) is 0. The van der Waals surface area contributed by atoms with Gasteiger partial charge in [-0.1, -0.05) is 57.2 Å². The van der Waals surface area contributed by atoms with Crippen molar-refractivity contribution >= 4 is 11.9 Å². The number of hydrogen-bond donors (Lipinski definition) is 0. The fraction of sp³-hybridized carbons (Fsp3) is 0.167. The predicted molar refractivity (Wildman–Crippen MR) is 108 cm³/mol. The number of rotatable bonds is 4. The smallest absolute Gasteiger partial charge is 0.343 e. The highest BCUT2D eigenvalue weighted by Gasteiger charge is 2.21. The van der Waals surface area contributed by atoms with E-state index >= 15 is 0 Å². The lowest BCUT2D eigenvalue weighted by atomic mass is 9.85. The lowest BCUT2D eigenvalue weighted by Gasteiger charge is -2.20. The highest BCUT2D eigenvalue weighted by atomic mass is 16.5. The Kier molecular flexibility index (Phi) is 5.59. The molecule has 0 aliphatic rings. The Labute approximate surface area is 164 Å². The van der Waals surface area contributed by atoms with E-state index in [1.165, 1.54) is 6.07 Å². The van der Waals surface area contributed by atoms with Gasteiger partial charge in [0.1, 0.15) is 11.5 Å². The Bertz CT molecular complexity index is 899. The van der Waals surface area contributed by atoms with Crippen molar-refractivity contribution in [3.63, 3.8) is 0 Å². The molecule has 0 unspecified atom stereocenters. The topological polar surface area (TPSA) is 52.6 Å². The van der Waals surface area contributed by atoms with Crippen LogP contribution in [0.5, 0.6) is 11.5 Å². The van der Waals surface area contributed by atoms with Gasteiger partial charge in [0.05, 0.1) is 11.1 Å². The van der Waals surface area contributed by atoms with Gasteiger partial charge in [-0.15, -0.1) is 0 Å². The van der Waals surface area contributed by atoms with Gasteiger partial charge in [0, 0.05) is 0 Å². The van der Waals surface area contributed by atoms with E-state index in [9.17, 15) is 9.59 Å². The normalized spacial score (nSPS) is 11.0. The molecule has 0 amide bonds. The molecule has 0 saturated carbocycles. The lowest BCUT2D eigenvalue weighted by Crippen LogP contribution is -2.18. The molecule has 3 rings (SSSR count). The van der Waals surface area contributed by atoms with Crippen LogP contribution in [-0.4, -0.2) is 11.9 Å². The number of carbonyl (C=O) groups is 2. The molecule has 0 radical (unpaired) electrons. The zero-order valence-electron chi connectivity index (χ0n) is 16.1. The van der Waals surface area contributed by atoms with Crippen LogP contribution in [0.1, 0.15) is 47.1 Å². The summed E-state index contributed by atoms with van der Waals surface area (Å²) in [4.78, 5) is 25.3. The van der Waals surface area contributed by atoms with E-state index in [1.54, 1.807) is 60.7 Å². The minimum atomic E-state index is -0.522. The van der Waals surface area contributed by atoms with E-state index in [1.807, 2.05) is 32.9 Å². The lowest BCUT2D eigenvalue weighted by molar-refractivity contribution is 0.0734. The van der Waals surface area contributed by atoms with E-state index < -0.39 is 11.9 Å². The van der Waals surface area contributed by atoms with Crippen LogP contribution in [0.4, 0.5) is 0 Å². The van der Waals surface area contributed by atoms with Crippen molar-refractivity contribution in [2.24, 2.45) is 0 Å². The molecule has 3 aromatic rings. The van der Waals surface area contributed by atoms with Crippen molar-refractivity contribution in [2.45, 2.75) is 26.2 Å². The van der Waals surface area contributed by atoms with E-state index in [0.29, 0.717) is 22.6 Å². The third-order valence-electron chi connectivity index (χ3n) is 4.18. The summed E-state index contributed by atoms with van der Waals surface area (Å²) in [6, 6.07) is 22.7. The van der Waals surface area contributed by atoms with Crippen LogP contribution in [0, 0.1) is 0 Å². The standard InChI is InChI=1S/C24H22O4/c1-24(2,3)19-15-17(22(25)27-20-10-6-4-7-11-20)14-18(16-19)23(26)28-21-12-8-5-9-13-21/h4-16H,1-3H3. The molecule has 0 N–H and O–H groups in total. The van der Waals surface area contributed by atoms with E-state index in [4.69, 9.17) is 9.47 Å². The van der Waals surface area contributed by atoms with Crippen molar-refractivity contribution in [3.8, 4) is 11.5 Å². The first-order valence-electron chi connectivity index (χ1n) is 9.03. The van der Waals surface area contributed by atoms with Crippen LogP contribution in [0.2, 0.25) is 0 Å². The second-order valence-corrected chi connectivity index (χ2v) is 7.45. The van der Waals surface area contributed by atoms with Gasteiger partial charge in [-0.25, -0.2) is 9.59 Å². The zero-order chi connectivity index (χ0) is 20.1. The third kappa shape index (κ3) is 4.86. The Morgan fingerprint density at radius 3 is 1.39 bits per heavy atom. The van der Waals surface area contributed by atoms with Crippen LogP contribution in [-0.2, 0) is 5.41 Å². The van der Waals surface area contributed by atoms with Crippen LogP contribution >= 0.6 is 0 Å². The van der Waals surface area contributed by atoms with Crippen LogP contribution < -0.4 is 9.47 Å². The van der Waals surface area contributed by atoms with Gasteiger partial charge in [0.15, 0.2) is 0 Å². The Hall–Kier alpha value is -3.40. The van der Waals surface area contributed by atoms with Crippen LogP contribution in [0.3, 0.4) is 0 Å². The van der Waals surface area contributed by atoms with Crippen molar-refractivity contribution < 1.29 is 19.1 Å². The molecule has 0 heterocycles. The molecule has 4 nitrogen and oxygen atoms in total. The molecule has 0 aromatic heterocycles. The predicted octanol–water partition coefficient (Wildman–Crippen LogP) is 5.42. The van der Waals surface area contributed by atoms with Crippen molar-refractivity contribution in [1.29, 1.82) is 0 Å². The summed E-state index contributed by atoms with van der Waals surface area (Å²) >= 11 is 0. The van der Waals surface area contributed by atoms with Gasteiger partial charge in [0.2, 0.25) is 0 Å². The maximum Gasteiger partial charge on any atom is 0.343 e. The summed E-state index contributed by atoms with van der Waals surface area (Å²) in [6.45, 7) is 6.04. The molecular formula is C24H22O4. The van der Waals surface area contributed by atoms with E-state index in [0.717, 1.165) is 5.56 Å². The monoisotopic (exact) mass is 374 g/mol. The minimum absolute atomic E-state index is 0.259. The molecule has 28 heavy (non-hydrogen) atoms. The Morgan fingerprint density at radius 2 is 1.04 bits per heavy atom. The second-order valence-electron chi connectivity index (χ2n) is 7.45. The van der Waals surface area contributed by atoms with Crippen LogP contribution in [0.25, 0.3) is 0 Å². The average molecular weight is 374 g/mol. The molecule has 0 spiro atoms. The maximum absolute atomic E-state index is 12.7. The molecular weight excluding hydrogens is 352 g/mol. The van der Waals surface area contributed by atoms with Gasteiger partial charge in [-0.3, -0.25) is 0 Å². The van der Waals surface area contributed by atoms with E-state index in [2.05, 4.69) is 0 Å². The fourth-order valence-electron chi connectivity index (χ4n) is 2.61. The SMILES string of the molecule is CC(C)(C)c1cc(C(=O)Oc2ccccc2)cc(C(=O)Oc2ccccc2)c1. The summed E-state index contributed by atoms with van der Waals surface area (Å²) in [5.41, 5.74) is 1.19. The van der Waals surface area contributed by atoms with E-state index in [-0.39, 0.29) is 5.41 Å². The second kappa shape index (κ2) is 8.09. The maximum atomic E-state index is 12.7. The largest absolute Gasteiger partial charge is 0.423 e. The molecule has 142 valence electrons. The number of hydrogen-bond acceptors (Lipinski definition) is 4. The Balaban J connectivity index is 1.93. The van der Waals surface area contributed by atoms with Crippen molar-refractivity contribution in [2.75, 3.05) is 0 Å². The molecule has 0 fully saturated rings. The average Bonchev–Trinajstić information content (AvgIpc) is 2.68. The molecule has 0 aliphatic carbocycles. The minimum Gasteiger partial charge on any atom is -0.423 e.